The Bertz CT molecular complexity index is 1170. The number of benzene rings is 3. The van der Waals surface area contributed by atoms with Gasteiger partial charge in [-0.3, -0.25) is 4.79 Å². The van der Waals surface area contributed by atoms with E-state index in [9.17, 15) is 10.1 Å². The average molecular weight is 675 g/mol. The van der Waals surface area contributed by atoms with Crippen LogP contribution in [0.25, 0.3) is 6.08 Å². The third-order valence-electron chi connectivity index (χ3n) is 4.12. The van der Waals surface area contributed by atoms with Crippen molar-refractivity contribution in [3.8, 4) is 11.8 Å². The van der Waals surface area contributed by atoms with Crippen LogP contribution in [0.5, 0.6) is 5.75 Å². The summed E-state index contributed by atoms with van der Waals surface area (Å²) < 4.78 is 7.72. The molecule has 1 N–H and O–H groups in total. The number of carbonyl (C=O) groups excluding carboxylic acids is 1. The predicted molar refractivity (Wildman–Crippen MR) is 141 cm³/mol. The number of para-hydroxylation sites is 1. The molecule has 0 saturated carbocycles. The van der Waals surface area contributed by atoms with Gasteiger partial charge in [-0.2, -0.15) is 5.26 Å². The highest BCUT2D eigenvalue weighted by atomic mass is 127. The molecule has 4 nitrogen and oxygen atoms in total. The van der Waals surface area contributed by atoms with E-state index < -0.39 is 5.91 Å². The van der Waals surface area contributed by atoms with Crippen molar-refractivity contribution in [3.05, 3.63) is 94.5 Å². The van der Waals surface area contributed by atoms with E-state index in [1.54, 1.807) is 30.3 Å². The van der Waals surface area contributed by atoms with Crippen molar-refractivity contribution in [1.82, 2.24) is 0 Å². The van der Waals surface area contributed by atoms with E-state index in [4.69, 9.17) is 27.9 Å². The molecule has 0 radical (unpaired) electrons. The van der Waals surface area contributed by atoms with Gasteiger partial charge in [0.1, 0.15) is 24.0 Å². The first-order valence-corrected chi connectivity index (χ1v) is 11.8. The lowest BCUT2D eigenvalue weighted by Gasteiger charge is -2.12. The number of hydrogen-bond acceptors (Lipinski definition) is 3. The number of rotatable bonds is 6. The molecule has 3 aromatic rings. The van der Waals surface area contributed by atoms with Crippen molar-refractivity contribution in [2.75, 3.05) is 5.32 Å². The van der Waals surface area contributed by atoms with Gasteiger partial charge in [-0.25, -0.2) is 0 Å². The van der Waals surface area contributed by atoms with E-state index in [-0.39, 0.29) is 5.57 Å². The molecule has 1 amide bonds. The molecular weight excluding hydrogens is 661 g/mol. The summed E-state index contributed by atoms with van der Waals surface area (Å²) in [5.74, 6) is 0.219. The van der Waals surface area contributed by atoms with E-state index in [1.807, 2.05) is 42.5 Å². The fraction of sp³-hybridized carbons (Fsp3) is 0.0435. The molecule has 0 heterocycles. The van der Waals surface area contributed by atoms with Gasteiger partial charge in [0, 0.05) is 5.02 Å². The van der Waals surface area contributed by atoms with Gasteiger partial charge in [-0.1, -0.05) is 47.5 Å². The second-order valence-corrected chi connectivity index (χ2v) is 9.50. The quantitative estimate of drug-likeness (QED) is 0.169. The molecule has 31 heavy (non-hydrogen) atoms. The average Bonchev–Trinajstić information content (AvgIpc) is 2.74. The van der Waals surface area contributed by atoms with Crippen LogP contribution in [0.2, 0.25) is 10.0 Å². The summed E-state index contributed by atoms with van der Waals surface area (Å²) in [6.45, 7) is 0.405. The van der Waals surface area contributed by atoms with E-state index in [1.165, 1.54) is 0 Å². The first-order chi connectivity index (χ1) is 14.9. The third kappa shape index (κ3) is 6.59. The standard InChI is InChI=1S/C23H14Cl2I2N2O2/c24-17-7-5-14(6-8-17)13-31-22-19(26)10-15(11-20(22)27)9-16(12-28)23(30)29-21-4-2-1-3-18(21)25/h1-11H,13H2,(H,29,30)/b16-9+. The molecule has 0 aliphatic carbocycles. The van der Waals surface area contributed by atoms with Crippen LogP contribution in [0, 0.1) is 18.5 Å². The molecule has 0 unspecified atom stereocenters. The summed E-state index contributed by atoms with van der Waals surface area (Å²) in [5, 5.41) is 13.2. The predicted octanol–water partition coefficient (Wildman–Crippen LogP) is 7.33. The van der Waals surface area contributed by atoms with Crippen LogP contribution in [-0.4, -0.2) is 5.91 Å². The van der Waals surface area contributed by atoms with E-state index in [0.717, 1.165) is 24.0 Å². The SMILES string of the molecule is N#C/C(=C\c1cc(I)c(OCc2ccc(Cl)cc2)c(I)c1)C(=O)Nc1ccccc1Cl. The van der Waals surface area contributed by atoms with Crippen LogP contribution in [0.15, 0.2) is 66.2 Å². The summed E-state index contributed by atoms with van der Waals surface area (Å²) in [4.78, 5) is 12.5. The Morgan fingerprint density at radius 3 is 2.32 bits per heavy atom. The summed E-state index contributed by atoms with van der Waals surface area (Å²) in [6, 6.07) is 20.0. The van der Waals surface area contributed by atoms with Crippen LogP contribution in [0.4, 0.5) is 5.69 Å². The van der Waals surface area contributed by atoms with Gasteiger partial charge in [0.05, 0.1) is 17.9 Å². The number of anilines is 1. The van der Waals surface area contributed by atoms with Crippen molar-refractivity contribution in [2.45, 2.75) is 6.61 Å². The summed E-state index contributed by atoms with van der Waals surface area (Å²) >= 11 is 16.4. The normalized spacial score (nSPS) is 11.0. The Balaban J connectivity index is 1.78. The number of amides is 1. The molecule has 3 aromatic carbocycles. The third-order valence-corrected chi connectivity index (χ3v) is 6.30. The first-order valence-electron chi connectivity index (χ1n) is 8.91. The minimum Gasteiger partial charge on any atom is -0.487 e. The Kier molecular flexibility index (Phi) is 8.60. The molecule has 0 aliphatic heterocycles. The number of nitrogens with one attached hydrogen (secondary N) is 1. The number of hydrogen-bond donors (Lipinski definition) is 1. The Labute approximate surface area is 217 Å². The lowest BCUT2D eigenvalue weighted by molar-refractivity contribution is -0.112. The van der Waals surface area contributed by atoms with Crippen molar-refractivity contribution >= 4 is 86.1 Å². The number of nitriles is 1. The maximum Gasteiger partial charge on any atom is 0.266 e. The fourth-order valence-electron chi connectivity index (χ4n) is 2.60. The van der Waals surface area contributed by atoms with Crippen molar-refractivity contribution in [3.63, 3.8) is 0 Å². The van der Waals surface area contributed by atoms with Gasteiger partial charge in [0.25, 0.3) is 5.91 Å². The Hall–Kier alpha value is -1.80. The molecule has 0 aromatic heterocycles. The maximum absolute atomic E-state index is 12.5. The lowest BCUT2D eigenvalue weighted by atomic mass is 10.1. The van der Waals surface area contributed by atoms with Crippen LogP contribution < -0.4 is 10.1 Å². The van der Waals surface area contributed by atoms with Crippen LogP contribution >= 0.6 is 68.4 Å². The molecule has 0 atom stereocenters. The maximum atomic E-state index is 12.5. The van der Waals surface area contributed by atoms with Gasteiger partial charge in [-0.15, -0.1) is 0 Å². The van der Waals surface area contributed by atoms with Crippen LogP contribution in [0.1, 0.15) is 11.1 Å². The summed E-state index contributed by atoms with van der Waals surface area (Å²) in [6.07, 6.45) is 1.54. The fourth-order valence-corrected chi connectivity index (χ4v) is 5.04. The second-order valence-electron chi connectivity index (χ2n) is 6.33. The molecule has 0 bridgehead atoms. The number of nitrogens with zero attached hydrogens (tertiary/aromatic N) is 1. The van der Waals surface area contributed by atoms with Crippen molar-refractivity contribution in [1.29, 1.82) is 5.26 Å². The van der Waals surface area contributed by atoms with Gasteiger partial charge >= 0.3 is 0 Å². The number of carbonyl (C=O) groups is 1. The minimum absolute atomic E-state index is 0.0265. The van der Waals surface area contributed by atoms with Gasteiger partial charge in [0.15, 0.2) is 0 Å². The minimum atomic E-state index is -0.524. The Morgan fingerprint density at radius 2 is 1.71 bits per heavy atom. The summed E-state index contributed by atoms with van der Waals surface area (Å²) in [5.41, 5.74) is 2.15. The summed E-state index contributed by atoms with van der Waals surface area (Å²) in [7, 11) is 0. The van der Waals surface area contributed by atoms with Crippen LogP contribution in [-0.2, 0) is 11.4 Å². The molecule has 0 aliphatic rings. The van der Waals surface area contributed by atoms with Crippen LogP contribution in [0.3, 0.4) is 0 Å². The molecule has 0 spiro atoms. The highest BCUT2D eigenvalue weighted by Crippen LogP contribution is 2.31. The molecule has 156 valence electrons. The lowest BCUT2D eigenvalue weighted by Crippen LogP contribution is -2.13. The van der Waals surface area contributed by atoms with E-state index in [2.05, 4.69) is 50.5 Å². The largest absolute Gasteiger partial charge is 0.487 e. The number of halogens is 4. The highest BCUT2D eigenvalue weighted by molar-refractivity contribution is 14.1. The second kappa shape index (κ2) is 11.2. The molecular formula is C23H14Cl2I2N2O2. The molecule has 3 rings (SSSR count). The van der Waals surface area contributed by atoms with Crippen molar-refractivity contribution < 1.29 is 9.53 Å². The Morgan fingerprint density at radius 1 is 1.06 bits per heavy atom. The van der Waals surface area contributed by atoms with Gasteiger partial charge in [-0.05, 0) is 98.8 Å². The number of ether oxygens (including phenoxy) is 1. The first kappa shape index (κ1) is 23.9. The zero-order valence-electron chi connectivity index (χ0n) is 15.8. The molecule has 0 saturated heterocycles. The molecule has 8 heteroatoms. The van der Waals surface area contributed by atoms with E-state index in [0.29, 0.717) is 22.3 Å². The highest BCUT2D eigenvalue weighted by Gasteiger charge is 2.13. The smallest absolute Gasteiger partial charge is 0.266 e. The zero-order chi connectivity index (χ0) is 22.4. The zero-order valence-corrected chi connectivity index (χ0v) is 21.7. The van der Waals surface area contributed by atoms with Gasteiger partial charge < -0.3 is 10.1 Å². The van der Waals surface area contributed by atoms with E-state index >= 15 is 0 Å². The monoisotopic (exact) mass is 674 g/mol. The topological polar surface area (TPSA) is 62.1 Å². The van der Waals surface area contributed by atoms with Gasteiger partial charge in [0.2, 0.25) is 0 Å². The van der Waals surface area contributed by atoms with Crippen molar-refractivity contribution in [2.24, 2.45) is 0 Å². The molecule has 0 fully saturated rings.